The summed E-state index contributed by atoms with van der Waals surface area (Å²) >= 11 is 0. The third-order valence-electron chi connectivity index (χ3n) is 3.88. The average Bonchev–Trinajstić information content (AvgIpc) is 2.42. The van der Waals surface area contributed by atoms with Crippen molar-refractivity contribution >= 4 is 5.91 Å². The maximum atomic E-state index is 12.2. The molecule has 0 spiro atoms. The minimum absolute atomic E-state index is 0.0777. The van der Waals surface area contributed by atoms with Crippen molar-refractivity contribution in [1.29, 1.82) is 0 Å². The quantitative estimate of drug-likeness (QED) is 0.778. The number of hydrogen-bond donors (Lipinski definition) is 3. The molecule has 19 heavy (non-hydrogen) atoms. The lowest BCUT2D eigenvalue weighted by Crippen LogP contribution is -2.44. The topological polar surface area (TPSA) is 61.4 Å². The van der Waals surface area contributed by atoms with Crippen LogP contribution < -0.4 is 10.6 Å². The summed E-state index contributed by atoms with van der Waals surface area (Å²) in [6.45, 7) is 5.83. The Hall–Kier alpha value is -1.55. The molecule has 4 nitrogen and oxygen atoms in total. The zero-order chi connectivity index (χ0) is 13.8. The predicted octanol–water partition coefficient (Wildman–Crippen LogP) is 1.82. The standard InChI is InChI=1S/C15H22N2O2/c1-10-5-3-7-13(14(10)18)15(19)17-11(2)12-6-4-8-16-9-12/h3,5,7,11-12,16,18H,4,6,8-9H2,1-2H3,(H,17,19). The molecular formula is C15H22N2O2. The van der Waals surface area contributed by atoms with Gasteiger partial charge in [-0.15, -0.1) is 0 Å². The van der Waals surface area contributed by atoms with Gasteiger partial charge in [-0.25, -0.2) is 0 Å². The second kappa shape index (κ2) is 6.06. The fraction of sp³-hybridized carbons (Fsp3) is 0.533. The second-order valence-electron chi connectivity index (χ2n) is 5.34. The Morgan fingerprint density at radius 2 is 2.32 bits per heavy atom. The number of carbonyl (C=O) groups excluding carboxylic acids is 1. The lowest BCUT2D eigenvalue weighted by molar-refractivity contribution is 0.0919. The van der Waals surface area contributed by atoms with E-state index in [1.165, 1.54) is 0 Å². The highest BCUT2D eigenvalue weighted by Gasteiger charge is 2.22. The van der Waals surface area contributed by atoms with Crippen LogP contribution in [0.1, 0.15) is 35.7 Å². The Kier molecular flexibility index (Phi) is 4.43. The minimum Gasteiger partial charge on any atom is -0.507 e. The van der Waals surface area contributed by atoms with Crippen molar-refractivity contribution in [2.24, 2.45) is 5.92 Å². The molecule has 1 saturated heterocycles. The van der Waals surface area contributed by atoms with Gasteiger partial charge < -0.3 is 15.7 Å². The zero-order valence-corrected chi connectivity index (χ0v) is 11.6. The molecule has 0 saturated carbocycles. The molecular weight excluding hydrogens is 240 g/mol. The first-order chi connectivity index (χ1) is 9.09. The van der Waals surface area contributed by atoms with Crippen LogP contribution in [-0.4, -0.2) is 30.1 Å². The van der Waals surface area contributed by atoms with Gasteiger partial charge in [0, 0.05) is 6.04 Å². The summed E-state index contributed by atoms with van der Waals surface area (Å²) in [5, 5.41) is 16.3. The molecule has 0 aromatic heterocycles. The molecule has 3 N–H and O–H groups in total. The smallest absolute Gasteiger partial charge is 0.255 e. The third-order valence-corrected chi connectivity index (χ3v) is 3.88. The van der Waals surface area contributed by atoms with E-state index in [1.54, 1.807) is 25.1 Å². The maximum Gasteiger partial charge on any atom is 0.255 e. The van der Waals surface area contributed by atoms with Crippen molar-refractivity contribution in [3.63, 3.8) is 0 Å². The van der Waals surface area contributed by atoms with Crippen LogP contribution in [0, 0.1) is 12.8 Å². The maximum absolute atomic E-state index is 12.2. The van der Waals surface area contributed by atoms with Crippen molar-refractivity contribution in [3.05, 3.63) is 29.3 Å². The number of hydrogen-bond acceptors (Lipinski definition) is 3. The van der Waals surface area contributed by atoms with E-state index >= 15 is 0 Å². The first-order valence-corrected chi connectivity index (χ1v) is 6.89. The Bertz CT molecular complexity index is 453. The van der Waals surface area contributed by atoms with Gasteiger partial charge >= 0.3 is 0 Å². The number of phenolic OH excluding ortho intramolecular Hbond substituents is 1. The number of para-hydroxylation sites is 1. The molecule has 0 radical (unpaired) electrons. The molecule has 0 bridgehead atoms. The summed E-state index contributed by atoms with van der Waals surface area (Å²) in [7, 11) is 0. The first kappa shape index (κ1) is 13.9. The molecule has 1 fully saturated rings. The molecule has 1 aromatic rings. The van der Waals surface area contributed by atoms with E-state index in [1.807, 2.05) is 6.92 Å². The Labute approximate surface area is 114 Å². The number of aryl methyl sites for hydroxylation is 1. The van der Waals surface area contributed by atoms with Gasteiger partial charge in [0.25, 0.3) is 5.91 Å². The largest absolute Gasteiger partial charge is 0.507 e. The summed E-state index contributed by atoms with van der Waals surface area (Å²) in [5.41, 5.74) is 1.08. The molecule has 2 atom stereocenters. The fourth-order valence-electron chi connectivity index (χ4n) is 2.55. The number of carbonyl (C=O) groups is 1. The normalized spacial score (nSPS) is 20.8. The predicted molar refractivity (Wildman–Crippen MR) is 75.4 cm³/mol. The van der Waals surface area contributed by atoms with Gasteiger partial charge in [-0.1, -0.05) is 12.1 Å². The van der Waals surface area contributed by atoms with Crippen molar-refractivity contribution in [2.45, 2.75) is 32.7 Å². The Morgan fingerprint density at radius 3 is 3.00 bits per heavy atom. The van der Waals surface area contributed by atoms with E-state index in [0.717, 1.165) is 31.5 Å². The molecule has 1 heterocycles. The summed E-state index contributed by atoms with van der Waals surface area (Å²) in [5.74, 6) is 0.345. The number of piperidine rings is 1. The molecule has 1 aliphatic rings. The number of benzene rings is 1. The number of phenols is 1. The third kappa shape index (κ3) is 3.26. The monoisotopic (exact) mass is 262 g/mol. The van der Waals surface area contributed by atoms with Gasteiger partial charge in [0.05, 0.1) is 5.56 Å². The van der Waals surface area contributed by atoms with E-state index in [-0.39, 0.29) is 17.7 Å². The molecule has 4 heteroatoms. The van der Waals surface area contributed by atoms with Gasteiger partial charge in [-0.2, -0.15) is 0 Å². The number of aromatic hydroxyl groups is 1. The Morgan fingerprint density at radius 1 is 1.53 bits per heavy atom. The minimum atomic E-state index is -0.195. The van der Waals surface area contributed by atoms with Gasteiger partial charge in [0.2, 0.25) is 0 Å². The molecule has 104 valence electrons. The van der Waals surface area contributed by atoms with Crippen LogP contribution in [0.2, 0.25) is 0 Å². The van der Waals surface area contributed by atoms with Crippen molar-refractivity contribution in [1.82, 2.24) is 10.6 Å². The van der Waals surface area contributed by atoms with Crippen molar-refractivity contribution < 1.29 is 9.90 Å². The van der Waals surface area contributed by atoms with Crippen LogP contribution in [0.25, 0.3) is 0 Å². The highest BCUT2D eigenvalue weighted by Crippen LogP contribution is 2.22. The number of nitrogens with one attached hydrogen (secondary N) is 2. The van der Waals surface area contributed by atoms with Crippen LogP contribution in [0.4, 0.5) is 0 Å². The van der Waals surface area contributed by atoms with Crippen LogP contribution in [0.3, 0.4) is 0 Å². The van der Waals surface area contributed by atoms with Crippen molar-refractivity contribution in [2.75, 3.05) is 13.1 Å². The van der Waals surface area contributed by atoms with Crippen LogP contribution in [0.5, 0.6) is 5.75 Å². The van der Waals surface area contributed by atoms with E-state index in [4.69, 9.17) is 0 Å². The lowest BCUT2D eigenvalue weighted by Gasteiger charge is -2.29. The number of rotatable bonds is 3. The van der Waals surface area contributed by atoms with Crippen LogP contribution in [0.15, 0.2) is 18.2 Å². The summed E-state index contributed by atoms with van der Waals surface area (Å²) < 4.78 is 0. The highest BCUT2D eigenvalue weighted by atomic mass is 16.3. The van der Waals surface area contributed by atoms with E-state index in [0.29, 0.717) is 11.5 Å². The van der Waals surface area contributed by atoms with Crippen molar-refractivity contribution in [3.8, 4) is 5.75 Å². The van der Waals surface area contributed by atoms with E-state index in [9.17, 15) is 9.90 Å². The first-order valence-electron chi connectivity index (χ1n) is 6.89. The molecule has 2 rings (SSSR count). The van der Waals surface area contributed by atoms with Gasteiger partial charge in [0.15, 0.2) is 0 Å². The number of amides is 1. The molecule has 2 unspecified atom stereocenters. The van der Waals surface area contributed by atoms with Crippen LogP contribution in [-0.2, 0) is 0 Å². The SMILES string of the molecule is Cc1cccc(C(=O)NC(C)C2CCCNC2)c1O. The van der Waals surface area contributed by atoms with E-state index in [2.05, 4.69) is 10.6 Å². The zero-order valence-electron chi connectivity index (χ0n) is 11.6. The average molecular weight is 262 g/mol. The highest BCUT2D eigenvalue weighted by molar-refractivity contribution is 5.97. The fourth-order valence-corrected chi connectivity index (χ4v) is 2.55. The van der Waals surface area contributed by atoms with Crippen LogP contribution >= 0.6 is 0 Å². The Balaban J connectivity index is 2.02. The molecule has 1 amide bonds. The van der Waals surface area contributed by atoms with Gasteiger partial charge in [-0.05, 0) is 57.3 Å². The summed E-state index contributed by atoms with van der Waals surface area (Å²) in [6, 6.07) is 5.35. The molecule has 1 aliphatic heterocycles. The molecule has 0 aliphatic carbocycles. The van der Waals surface area contributed by atoms with Gasteiger partial charge in [-0.3, -0.25) is 4.79 Å². The lowest BCUT2D eigenvalue weighted by atomic mass is 9.92. The summed E-state index contributed by atoms with van der Waals surface area (Å²) in [4.78, 5) is 12.2. The molecule has 1 aromatic carbocycles. The van der Waals surface area contributed by atoms with E-state index < -0.39 is 0 Å². The summed E-state index contributed by atoms with van der Waals surface area (Å²) in [6.07, 6.45) is 2.29. The second-order valence-corrected chi connectivity index (χ2v) is 5.34. The van der Waals surface area contributed by atoms with Gasteiger partial charge in [0.1, 0.15) is 5.75 Å².